The summed E-state index contributed by atoms with van der Waals surface area (Å²) in [5.41, 5.74) is 11.7. The highest BCUT2D eigenvalue weighted by Crippen LogP contribution is 2.13. The van der Waals surface area contributed by atoms with E-state index in [1.54, 1.807) is 52.2 Å². The standard InChI is InChI=1S/C31H52N8O8/c1-21(2)26(37-25(40)11-7-6-8-16-32)28(42)36-24(10-9-17-34-29(33)43)27(41)35-23-14-12-22(13-15-23)20-47-31(45)39(4)19-18-38(3)30(44)46-5/h12-15,21,24,26H,6-11,16-20,32H2,1-5H3,(H,35,41)(H,36,42)(H,37,40)(H3,33,34,43)/t24-,26-/m1/s1. The van der Waals surface area contributed by atoms with Gasteiger partial charge in [0.1, 0.15) is 18.7 Å². The van der Waals surface area contributed by atoms with Crippen molar-refractivity contribution in [3.05, 3.63) is 29.8 Å². The highest BCUT2D eigenvalue weighted by molar-refractivity contribution is 5.98. The van der Waals surface area contributed by atoms with E-state index in [2.05, 4.69) is 26.0 Å². The molecule has 0 heterocycles. The zero-order valence-electron chi connectivity index (χ0n) is 28.1. The van der Waals surface area contributed by atoms with Gasteiger partial charge in [-0.25, -0.2) is 14.4 Å². The molecule has 0 saturated heterocycles. The largest absolute Gasteiger partial charge is 0.453 e. The van der Waals surface area contributed by atoms with Crippen molar-refractivity contribution in [2.24, 2.45) is 17.4 Å². The Morgan fingerprint density at radius 2 is 1.49 bits per heavy atom. The van der Waals surface area contributed by atoms with Crippen LogP contribution in [0, 0.1) is 5.92 Å². The number of amides is 7. The van der Waals surface area contributed by atoms with E-state index in [-0.39, 0.29) is 50.9 Å². The molecule has 1 aromatic carbocycles. The Hall–Kier alpha value is -4.60. The van der Waals surface area contributed by atoms with Gasteiger partial charge in [0.15, 0.2) is 0 Å². The Morgan fingerprint density at radius 1 is 0.851 bits per heavy atom. The summed E-state index contributed by atoms with van der Waals surface area (Å²) in [5.74, 6) is -1.50. The zero-order chi connectivity index (χ0) is 35.4. The van der Waals surface area contributed by atoms with E-state index in [9.17, 15) is 28.8 Å². The van der Waals surface area contributed by atoms with Crippen molar-refractivity contribution in [2.75, 3.05) is 52.7 Å². The average Bonchev–Trinajstić information content (AvgIpc) is 3.04. The minimum Gasteiger partial charge on any atom is -0.453 e. The molecule has 16 nitrogen and oxygen atoms in total. The van der Waals surface area contributed by atoms with Gasteiger partial charge in [-0.15, -0.1) is 0 Å². The molecule has 264 valence electrons. The molecule has 0 aromatic heterocycles. The van der Waals surface area contributed by atoms with Crippen molar-refractivity contribution in [1.82, 2.24) is 25.8 Å². The summed E-state index contributed by atoms with van der Waals surface area (Å²) in [7, 11) is 4.38. The van der Waals surface area contributed by atoms with E-state index in [4.69, 9.17) is 16.2 Å². The van der Waals surface area contributed by atoms with Gasteiger partial charge in [0.05, 0.1) is 7.11 Å². The van der Waals surface area contributed by atoms with Gasteiger partial charge in [-0.3, -0.25) is 14.4 Å². The molecule has 0 unspecified atom stereocenters. The Morgan fingerprint density at radius 3 is 2.06 bits per heavy atom. The number of unbranched alkanes of at least 4 members (excludes halogenated alkanes) is 2. The number of hydrogen-bond acceptors (Lipinski definition) is 9. The fraction of sp³-hybridized carbons (Fsp3) is 0.613. The molecule has 2 atom stereocenters. The molecule has 16 heteroatoms. The number of hydrogen-bond donors (Lipinski definition) is 6. The van der Waals surface area contributed by atoms with Crippen LogP contribution < -0.4 is 32.7 Å². The first-order valence-electron chi connectivity index (χ1n) is 15.7. The lowest BCUT2D eigenvalue weighted by Gasteiger charge is -2.25. The number of methoxy groups -OCH3 is 1. The number of carbonyl (C=O) groups excluding carboxylic acids is 6. The Kier molecular flexibility index (Phi) is 18.9. The maximum Gasteiger partial charge on any atom is 0.409 e. The molecule has 0 saturated carbocycles. The normalized spacial score (nSPS) is 11.9. The van der Waals surface area contributed by atoms with Crippen molar-refractivity contribution in [1.29, 1.82) is 0 Å². The van der Waals surface area contributed by atoms with Gasteiger partial charge in [-0.2, -0.15) is 0 Å². The van der Waals surface area contributed by atoms with Crippen molar-refractivity contribution in [3.8, 4) is 0 Å². The smallest absolute Gasteiger partial charge is 0.409 e. The molecule has 0 aliphatic carbocycles. The molecule has 0 fully saturated rings. The molecule has 0 aliphatic rings. The molecule has 0 spiro atoms. The number of nitrogens with zero attached hydrogens (tertiary/aromatic N) is 2. The number of urea groups is 1. The maximum absolute atomic E-state index is 13.3. The van der Waals surface area contributed by atoms with E-state index in [0.29, 0.717) is 30.6 Å². The molecular weight excluding hydrogens is 612 g/mol. The number of primary amides is 1. The molecule has 7 amide bonds. The van der Waals surface area contributed by atoms with Crippen LogP contribution in [0.1, 0.15) is 57.9 Å². The third-order valence-electron chi connectivity index (χ3n) is 7.13. The lowest BCUT2D eigenvalue weighted by molar-refractivity contribution is -0.132. The first kappa shape index (κ1) is 40.4. The number of ether oxygens (including phenoxy) is 2. The number of nitrogens with one attached hydrogen (secondary N) is 4. The second-order valence-electron chi connectivity index (χ2n) is 11.4. The van der Waals surface area contributed by atoms with Gasteiger partial charge < -0.3 is 52.0 Å². The second-order valence-corrected chi connectivity index (χ2v) is 11.4. The minimum atomic E-state index is -0.978. The SMILES string of the molecule is COC(=O)N(C)CCN(C)C(=O)OCc1ccc(NC(=O)[C@@H](CCCNC(N)=O)NC(=O)[C@H](NC(=O)CCCCCN)C(C)C)cc1. The highest BCUT2D eigenvalue weighted by atomic mass is 16.6. The van der Waals surface area contributed by atoms with Gasteiger partial charge in [-0.05, 0) is 55.8 Å². The number of rotatable bonds is 20. The van der Waals surface area contributed by atoms with Crippen LogP contribution in [-0.4, -0.2) is 105 Å². The van der Waals surface area contributed by atoms with Gasteiger partial charge in [-0.1, -0.05) is 32.4 Å². The summed E-state index contributed by atoms with van der Waals surface area (Å²) in [6.45, 7) is 4.83. The van der Waals surface area contributed by atoms with E-state index >= 15 is 0 Å². The molecule has 47 heavy (non-hydrogen) atoms. The monoisotopic (exact) mass is 664 g/mol. The van der Waals surface area contributed by atoms with Crippen LogP contribution in [-0.2, 0) is 30.5 Å². The third kappa shape index (κ3) is 16.5. The fourth-order valence-electron chi connectivity index (χ4n) is 4.24. The van der Waals surface area contributed by atoms with E-state index in [0.717, 1.165) is 12.8 Å². The predicted octanol–water partition coefficient (Wildman–Crippen LogP) is 1.48. The quantitative estimate of drug-likeness (QED) is 0.111. The van der Waals surface area contributed by atoms with Gasteiger partial charge in [0.2, 0.25) is 17.7 Å². The van der Waals surface area contributed by atoms with Crippen LogP contribution in [0.3, 0.4) is 0 Å². The Balaban J connectivity index is 2.82. The van der Waals surface area contributed by atoms with Crippen molar-refractivity contribution in [2.45, 2.75) is 71.1 Å². The number of nitrogens with two attached hydrogens (primary N) is 2. The Bertz CT molecular complexity index is 1160. The van der Waals surface area contributed by atoms with Crippen LogP contribution in [0.2, 0.25) is 0 Å². The summed E-state index contributed by atoms with van der Waals surface area (Å²) < 4.78 is 9.95. The Labute approximate surface area is 276 Å². The van der Waals surface area contributed by atoms with Gasteiger partial charge >= 0.3 is 18.2 Å². The topological polar surface area (TPSA) is 228 Å². The zero-order valence-corrected chi connectivity index (χ0v) is 28.1. The molecule has 1 aromatic rings. The number of carbonyl (C=O) groups is 6. The van der Waals surface area contributed by atoms with Crippen molar-refractivity contribution >= 4 is 41.6 Å². The lowest BCUT2D eigenvalue weighted by atomic mass is 10.0. The van der Waals surface area contributed by atoms with E-state index < -0.39 is 42.1 Å². The summed E-state index contributed by atoms with van der Waals surface area (Å²) in [6, 6.07) is 4.08. The number of likely N-dealkylation sites (N-methyl/N-ethyl adjacent to an activating group) is 2. The maximum atomic E-state index is 13.3. The molecule has 0 bridgehead atoms. The molecular formula is C31H52N8O8. The van der Waals surface area contributed by atoms with E-state index in [1.807, 2.05) is 0 Å². The molecule has 0 aliphatic heterocycles. The average molecular weight is 665 g/mol. The lowest BCUT2D eigenvalue weighted by Crippen LogP contribution is -2.54. The number of benzene rings is 1. The summed E-state index contributed by atoms with van der Waals surface area (Å²) >= 11 is 0. The van der Waals surface area contributed by atoms with Gasteiger partial charge in [0, 0.05) is 45.8 Å². The fourth-order valence-corrected chi connectivity index (χ4v) is 4.24. The first-order valence-corrected chi connectivity index (χ1v) is 15.7. The van der Waals surface area contributed by atoms with Crippen molar-refractivity contribution < 1.29 is 38.2 Å². The second kappa shape index (κ2) is 22.0. The summed E-state index contributed by atoms with van der Waals surface area (Å²) in [5, 5.41) is 10.8. The first-order chi connectivity index (χ1) is 22.3. The highest BCUT2D eigenvalue weighted by Gasteiger charge is 2.28. The van der Waals surface area contributed by atoms with Crippen LogP contribution in [0.25, 0.3) is 0 Å². The number of anilines is 1. The summed E-state index contributed by atoms with van der Waals surface area (Å²) in [6.07, 6.45) is 1.99. The third-order valence-corrected chi connectivity index (χ3v) is 7.13. The van der Waals surface area contributed by atoms with Crippen LogP contribution >= 0.6 is 0 Å². The van der Waals surface area contributed by atoms with Crippen LogP contribution in [0.5, 0.6) is 0 Å². The van der Waals surface area contributed by atoms with Gasteiger partial charge in [0.25, 0.3) is 0 Å². The molecule has 1 rings (SSSR count). The molecule has 8 N–H and O–H groups in total. The summed E-state index contributed by atoms with van der Waals surface area (Å²) in [4.78, 5) is 76.6. The molecule has 0 radical (unpaired) electrons. The van der Waals surface area contributed by atoms with Crippen LogP contribution in [0.15, 0.2) is 24.3 Å². The van der Waals surface area contributed by atoms with Crippen LogP contribution in [0.4, 0.5) is 20.1 Å². The van der Waals surface area contributed by atoms with E-state index in [1.165, 1.54) is 16.9 Å². The predicted molar refractivity (Wildman–Crippen MR) is 176 cm³/mol. The van der Waals surface area contributed by atoms with Crippen molar-refractivity contribution in [3.63, 3.8) is 0 Å². The minimum absolute atomic E-state index is 0.0227.